The van der Waals surface area contributed by atoms with E-state index in [9.17, 15) is 9.18 Å². The van der Waals surface area contributed by atoms with E-state index in [1.165, 1.54) is 6.07 Å². The molecule has 0 fully saturated rings. The van der Waals surface area contributed by atoms with Gasteiger partial charge in [0.25, 0.3) is 0 Å². The third-order valence-electron chi connectivity index (χ3n) is 6.79. The number of ether oxygens (including phenoxy) is 1. The first-order chi connectivity index (χ1) is 19.4. The Bertz CT molecular complexity index is 1730. The van der Waals surface area contributed by atoms with Gasteiger partial charge in [-0.3, -0.25) is 9.55 Å². The predicted molar refractivity (Wildman–Crippen MR) is 157 cm³/mol. The number of hydrogen-bond donors (Lipinski definition) is 2. The van der Waals surface area contributed by atoms with Gasteiger partial charge in [-0.05, 0) is 73.4 Å². The average molecular weight is 536 g/mol. The van der Waals surface area contributed by atoms with Gasteiger partial charge in [-0.2, -0.15) is 0 Å². The fraction of sp³-hybridized carbons (Fsp3) is 0.156. The molecule has 3 N–H and O–H groups in total. The van der Waals surface area contributed by atoms with E-state index >= 15 is 0 Å². The Morgan fingerprint density at radius 1 is 1.20 bits per heavy atom. The topological polar surface area (TPSA) is 98.8 Å². The number of esters is 1. The maximum absolute atomic E-state index is 13.9. The summed E-state index contributed by atoms with van der Waals surface area (Å²) < 4.78 is 21.1. The number of nitrogens with one attached hydrogen (secondary N) is 1. The summed E-state index contributed by atoms with van der Waals surface area (Å²) in [7, 11) is 0. The number of aryl methyl sites for hydroxylation is 1. The number of halogens is 1. The number of H-pyrrole nitrogens is 1. The minimum atomic E-state index is -0.591. The molecule has 8 heteroatoms. The molecule has 0 aliphatic heterocycles. The van der Waals surface area contributed by atoms with E-state index in [1.807, 2.05) is 49.5 Å². The Kier molecular flexibility index (Phi) is 7.70. The van der Waals surface area contributed by atoms with Crippen molar-refractivity contribution in [1.29, 1.82) is 0 Å². The summed E-state index contributed by atoms with van der Waals surface area (Å²) >= 11 is 0. The highest BCUT2D eigenvalue weighted by Crippen LogP contribution is 2.29. The van der Waals surface area contributed by atoms with Crippen LogP contribution < -0.4 is 5.73 Å². The second-order valence-electron chi connectivity index (χ2n) is 9.68. The summed E-state index contributed by atoms with van der Waals surface area (Å²) in [6, 6.07) is 16.3. The molecule has 0 saturated carbocycles. The number of carbonyl (C=O) groups excluding carboxylic acids is 1. The van der Waals surface area contributed by atoms with Gasteiger partial charge < -0.3 is 15.5 Å². The zero-order valence-electron chi connectivity index (χ0n) is 22.4. The van der Waals surface area contributed by atoms with Gasteiger partial charge in [0.2, 0.25) is 5.82 Å². The molecule has 0 bridgehead atoms. The van der Waals surface area contributed by atoms with Crippen molar-refractivity contribution in [3.05, 3.63) is 114 Å². The van der Waals surface area contributed by atoms with E-state index in [1.54, 1.807) is 48.3 Å². The summed E-state index contributed by atoms with van der Waals surface area (Å²) in [6.45, 7) is 7.52. The Balaban J connectivity index is 1.36. The summed E-state index contributed by atoms with van der Waals surface area (Å²) in [6.07, 6.45) is 9.15. The number of fused-ring (bicyclic) bond motifs is 1. The number of aromatic nitrogens is 4. The zero-order chi connectivity index (χ0) is 28.2. The Morgan fingerprint density at radius 3 is 2.83 bits per heavy atom. The molecular formula is C32H30FN5O2. The molecule has 3 heterocycles. The van der Waals surface area contributed by atoms with Crippen molar-refractivity contribution in [2.45, 2.75) is 26.3 Å². The van der Waals surface area contributed by atoms with Crippen LogP contribution in [0.3, 0.4) is 0 Å². The van der Waals surface area contributed by atoms with E-state index in [-0.39, 0.29) is 24.3 Å². The highest BCUT2D eigenvalue weighted by molar-refractivity contribution is 5.90. The third kappa shape index (κ3) is 5.48. The molecule has 0 aliphatic rings. The second-order valence-corrected chi connectivity index (χ2v) is 9.68. The van der Waals surface area contributed by atoms with Crippen LogP contribution in [-0.2, 0) is 11.2 Å². The molecule has 0 spiro atoms. The zero-order valence-corrected chi connectivity index (χ0v) is 22.4. The molecule has 202 valence electrons. The van der Waals surface area contributed by atoms with Crippen molar-refractivity contribution in [3.8, 4) is 11.3 Å². The minimum absolute atomic E-state index is 0.0357. The van der Waals surface area contributed by atoms with Gasteiger partial charge in [0, 0.05) is 46.7 Å². The van der Waals surface area contributed by atoms with Crippen LogP contribution in [0.25, 0.3) is 40.0 Å². The Labute approximate surface area is 231 Å². The van der Waals surface area contributed by atoms with Crippen LogP contribution in [0.2, 0.25) is 0 Å². The normalized spacial score (nSPS) is 12.4. The first kappa shape index (κ1) is 26.8. The lowest BCUT2D eigenvalue weighted by atomic mass is 9.99. The summed E-state index contributed by atoms with van der Waals surface area (Å²) in [5.74, 6) is -0.754. The lowest BCUT2D eigenvalue weighted by Crippen LogP contribution is -2.30. The van der Waals surface area contributed by atoms with E-state index in [2.05, 4.69) is 21.5 Å². The van der Waals surface area contributed by atoms with Gasteiger partial charge in [0.1, 0.15) is 12.4 Å². The molecule has 5 aromatic rings. The SMILES string of the molecule is C=Cc1cnc(C(=O)OC[C@@H](N)Cc2c[nH]c3ccccc23)n1/C=C(\C)c1cccnc1-c1ccc(F)c(C)c1. The Morgan fingerprint density at radius 2 is 2.02 bits per heavy atom. The summed E-state index contributed by atoms with van der Waals surface area (Å²) in [5, 5.41) is 1.10. The predicted octanol–water partition coefficient (Wildman–Crippen LogP) is 6.26. The molecule has 0 radical (unpaired) electrons. The number of rotatable bonds is 9. The number of pyridine rings is 1. The number of allylic oxidation sites excluding steroid dienone is 1. The van der Waals surface area contributed by atoms with E-state index in [4.69, 9.17) is 10.5 Å². The fourth-order valence-corrected chi connectivity index (χ4v) is 4.71. The van der Waals surface area contributed by atoms with Crippen molar-refractivity contribution < 1.29 is 13.9 Å². The maximum atomic E-state index is 13.9. The van der Waals surface area contributed by atoms with Crippen molar-refractivity contribution >= 4 is 34.7 Å². The lowest BCUT2D eigenvalue weighted by molar-refractivity contribution is 0.0465. The highest BCUT2D eigenvalue weighted by Gasteiger charge is 2.19. The average Bonchev–Trinajstić information content (AvgIpc) is 3.57. The van der Waals surface area contributed by atoms with Gasteiger partial charge in [-0.25, -0.2) is 14.2 Å². The summed E-state index contributed by atoms with van der Waals surface area (Å²) in [5.41, 5.74) is 12.7. The van der Waals surface area contributed by atoms with Gasteiger partial charge in [0.15, 0.2) is 0 Å². The molecule has 0 saturated heterocycles. The highest BCUT2D eigenvalue weighted by atomic mass is 19.1. The Hall–Kier alpha value is -4.82. The van der Waals surface area contributed by atoms with Crippen LogP contribution in [0.1, 0.15) is 39.9 Å². The van der Waals surface area contributed by atoms with Crippen molar-refractivity contribution in [3.63, 3.8) is 0 Å². The van der Waals surface area contributed by atoms with E-state index in [0.29, 0.717) is 23.4 Å². The van der Waals surface area contributed by atoms with Crippen molar-refractivity contribution in [1.82, 2.24) is 19.5 Å². The van der Waals surface area contributed by atoms with Gasteiger partial charge in [0.05, 0.1) is 17.6 Å². The molecular weight excluding hydrogens is 505 g/mol. The maximum Gasteiger partial charge on any atom is 0.374 e. The first-order valence-electron chi connectivity index (χ1n) is 12.9. The molecule has 0 amide bonds. The molecule has 40 heavy (non-hydrogen) atoms. The number of benzene rings is 2. The quantitative estimate of drug-likeness (QED) is 0.217. The monoisotopic (exact) mass is 535 g/mol. The number of nitrogens with zero attached hydrogens (tertiary/aromatic N) is 3. The van der Waals surface area contributed by atoms with Crippen LogP contribution in [0.15, 0.2) is 79.8 Å². The molecule has 0 aliphatic carbocycles. The number of hydrogen-bond acceptors (Lipinski definition) is 5. The van der Waals surface area contributed by atoms with E-state index < -0.39 is 5.97 Å². The number of aromatic amines is 1. The minimum Gasteiger partial charge on any atom is -0.458 e. The molecule has 2 aromatic carbocycles. The number of imidazole rings is 1. The van der Waals surface area contributed by atoms with Crippen LogP contribution in [-0.4, -0.2) is 38.1 Å². The summed E-state index contributed by atoms with van der Waals surface area (Å²) in [4.78, 5) is 25.2. The third-order valence-corrected chi connectivity index (χ3v) is 6.79. The van der Waals surface area contributed by atoms with E-state index in [0.717, 1.165) is 33.2 Å². The molecule has 0 unspecified atom stereocenters. The number of para-hydroxylation sites is 1. The van der Waals surface area contributed by atoms with Gasteiger partial charge in [-0.1, -0.05) is 30.8 Å². The number of nitrogens with two attached hydrogens (primary N) is 1. The lowest BCUT2D eigenvalue weighted by Gasteiger charge is -2.13. The van der Waals surface area contributed by atoms with Crippen LogP contribution in [0, 0.1) is 12.7 Å². The fourth-order valence-electron chi connectivity index (χ4n) is 4.71. The largest absolute Gasteiger partial charge is 0.458 e. The molecule has 1 atom stereocenters. The van der Waals surface area contributed by atoms with Crippen LogP contribution in [0.4, 0.5) is 4.39 Å². The number of carbonyl (C=O) groups is 1. The van der Waals surface area contributed by atoms with Crippen LogP contribution in [0.5, 0.6) is 0 Å². The molecule has 3 aromatic heterocycles. The second kappa shape index (κ2) is 11.5. The molecule has 7 nitrogen and oxygen atoms in total. The standard InChI is InChI=1S/C32H30FN5O2/c1-4-25-17-37-31(32(39)40-19-24(34)15-23-16-36-29-10-6-5-8-27(23)29)38(25)18-21(3)26-9-7-13-35-30(26)22-11-12-28(33)20(2)14-22/h4-14,16-18,24,36H,1,15,19,34H2,2-3H3/b21-18+/t24-/m0/s1. The van der Waals surface area contributed by atoms with Crippen molar-refractivity contribution in [2.75, 3.05) is 6.61 Å². The van der Waals surface area contributed by atoms with Crippen LogP contribution >= 0.6 is 0 Å². The van der Waals surface area contributed by atoms with Gasteiger partial charge in [-0.15, -0.1) is 0 Å². The first-order valence-corrected chi connectivity index (χ1v) is 12.9. The van der Waals surface area contributed by atoms with Crippen molar-refractivity contribution in [2.24, 2.45) is 5.73 Å². The molecule has 5 rings (SSSR count). The smallest absolute Gasteiger partial charge is 0.374 e. The van der Waals surface area contributed by atoms with Gasteiger partial charge >= 0.3 is 5.97 Å².